The standard InChI is InChI=1S/C16H7ClF4N6O7/c17-7-2-8(18)9(24-13(28)4-12(16(19,20)21)25(22)15(24)29)3-11(7)34-14-10(27(32)33)1-6(5-23-14)26(30)31/h1-5H,22H2. The highest BCUT2D eigenvalue weighted by Gasteiger charge is 2.36. The summed E-state index contributed by atoms with van der Waals surface area (Å²) in [6.07, 6.45) is -4.58. The Labute approximate surface area is 187 Å². The number of hydrogen-bond acceptors (Lipinski definition) is 9. The van der Waals surface area contributed by atoms with E-state index in [1.54, 1.807) is 0 Å². The van der Waals surface area contributed by atoms with E-state index in [1.165, 1.54) is 0 Å². The van der Waals surface area contributed by atoms with E-state index in [0.717, 1.165) is 0 Å². The van der Waals surface area contributed by atoms with Crippen molar-refractivity contribution in [3.63, 3.8) is 0 Å². The molecule has 0 atom stereocenters. The van der Waals surface area contributed by atoms with Crippen molar-refractivity contribution in [2.45, 2.75) is 6.18 Å². The summed E-state index contributed by atoms with van der Waals surface area (Å²) >= 11 is 5.83. The second kappa shape index (κ2) is 8.43. The summed E-state index contributed by atoms with van der Waals surface area (Å²) in [4.78, 5) is 47.9. The molecule has 2 heterocycles. The molecule has 34 heavy (non-hydrogen) atoms. The molecular weight excluding hydrogens is 500 g/mol. The van der Waals surface area contributed by atoms with Gasteiger partial charge in [-0.05, 0) is 6.07 Å². The summed E-state index contributed by atoms with van der Waals surface area (Å²) in [6, 6.07) is 1.52. The predicted octanol–water partition coefficient (Wildman–Crippen LogP) is 2.53. The molecule has 0 saturated heterocycles. The molecule has 0 unspecified atom stereocenters. The van der Waals surface area contributed by atoms with E-state index >= 15 is 0 Å². The highest BCUT2D eigenvalue weighted by Crippen LogP contribution is 2.37. The number of halogens is 5. The molecule has 0 aliphatic heterocycles. The van der Waals surface area contributed by atoms with Crippen molar-refractivity contribution in [3.8, 4) is 17.3 Å². The van der Waals surface area contributed by atoms with Crippen LogP contribution < -0.4 is 21.8 Å². The number of alkyl halides is 3. The molecule has 0 saturated carbocycles. The Balaban J connectivity index is 2.19. The molecular formula is C16H7ClF4N6O7. The topological polar surface area (TPSA) is 178 Å². The smallest absolute Gasteiger partial charge is 0.432 e. The van der Waals surface area contributed by atoms with Crippen LogP contribution in [0.4, 0.5) is 28.9 Å². The minimum atomic E-state index is -5.18. The molecule has 0 fully saturated rings. The number of nitrogen functional groups attached to an aromatic ring is 1. The van der Waals surface area contributed by atoms with Gasteiger partial charge in [-0.3, -0.25) is 25.0 Å². The number of nitrogens with zero attached hydrogens (tertiary/aromatic N) is 5. The summed E-state index contributed by atoms with van der Waals surface area (Å²) < 4.78 is 58.0. The number of benzene rings is 1. The quantitative estimate of drug-likeness (QED) is 0.235. The van der Waals surface area contributed by atoms with Gasteiger partial charge in [-0.25, -0.2) is 23.4 Å². The fourth-order valence-electron chi connectivity index (χ4n) is 2.61. The van der Waals surface area contributed by atoms with Crippen LogP contribution in [0.2, 0.25) is 5.02 Å². The third-order valence-electron chi connectivity index (χ3n) is 4.10. The van der Waals surface area contributed by atoms with Gasteiger partial charge >= 0.3 is 17.6 Å². The molecule has 0 radical (unpaired) electrons. The second-order valence-corrected chi connectivity index (χ2v) is 6.63. The second-order valence-electron chi connectivity index (χ2n) is 6.22. The van der Waals surface area contributed by atoms with E-state index in [-0.39, 0.29) is 10.6 Å². The van der Waals surface area contributed by atoms with Crippen LogP contribution in [0, 0.1) is 26.0 Å². The molecule has 18 heteroatoms. The van der Waals surface area contributed by atoms with Gasteiger partial charge in [-0.15, -0.1) is 0 Å². The van der Waals surface area contributed by atoms with E-state index in [0.29, 0.717) is 24.4 Å². The first kappa shape index (κ1) is 24.1. The van der Waals surface area contributed by atoms with Crippen molar-refractivity contribution in [3.05, 3.63) is 88.1 Å². The lowest BCUT2D eigenvalue weighted by Crippen LogP contribution is -2.45. The third kappa shape index (κ3) is 4.35. The number of ether oxygens (including phenoxy) is 1. The number of hydrogen-bond donors (Lipinski definition) is 1. The molecule has 2 N–H and O–H groups in total. The van der Waals surface area contributed by atoms with E-state index in [9.17, 15) is 47.4 Å². The van der Waals surface area contributed by atoms with E-state index in [2.05, 4.69) is 4.98 Å². The maximum absolute atomic E-state index is 14.5. The van der Waals surface area contributed by atoms with Crippen LogP contribution in [0.5, 0.6) is 11.6 Å². The zero-order valence-corrected chi connectivity index (χ0v) is 16.7. The van der Waals surface area contributed by atoms with Gasteiger partial charge in [-0.1, -0.05) is 11.6 Å². The molecule has 2 aromatic heterocycles. The normalized spacial score (nSPS) is 11.3. The summed E-state index contributed by atoms with van der Waals surface area (Å²) in [7, 11) is 0. The first-order chi connectivity index (χ1) is 15.7. The first-order valence-corrected chi connectivity index (χ1v) is 8.77. The Morgan fingerprint density at radius 2 is 1.74 bits per heavy atom. The van der Waals surface area contributed by atoms with Crippen LogP contribution in [-0.4, -0.2) is 24.1 Å². The fourth-order valence-corrected chi connectivity index (χ4v) is 2.80. The molecule has 0 bridgehead atoms. The van der Waals surface area contributed by atoms with Gasteiger partial charge in [0.05, 0.1) is 20.6 Å². The molecule has 3 rings (SSSR count). The molecule has 13 nitrogen and oxygen atoms in total. The lowest BCUT2D eigenvalue weighted by molar-refractivity contribution is -0.395. The zero-order chi connectivity index (χ0) is 25.5. The van der Waals surface area contributed by atoms with Crippen LogP contribution in [-0.2, 0) is 6.18 Å². The van der Waals surface area contributed by atoms with E-state index in [4.69, 9.17) is 22.2 Å². The highest BCUT2D eigenvalue weighted by atomic mass is 35.5. The molecule has 178 valence electrons. The number of pyridine rings is 1. The monoisotopic (exact) mass is 506 g/mol. The number of rotatable bonds is 5. The Kier molecular flexibility index (Phi) is 5.98. The number of aromatic nitrogens is 3. The van der Waals surface area contributed by atoms with Gasteiger partial charge in [0.15, 0.2) is 11.4 Å². The minimum Gasteiger partial charge on any atom is -0.432 e. The maximum Gasteiger partial charge on any atom is 0.433 e. The average molecular weight is 507 g/mol. The third-order valence-corrected chi connectivity index (χ3v) is 4.40. The fraction of sp³-hybridized carbons (Fsp3) is 0.0625. The molecule has 3 aromatic rings. The van der Waals surface area contributed by atoms with Crippen molar-refractivity contribution >= 4 is 23.0 Å². The summed E-state index contributed by atoms with van der Waals surface area (Å²) in [5.74, 6) is 2.26. The van der Waals surface area contributed by atoms with Gasteiger partial charge in [0, 0.05) is 12.1 Å². The Bertz CT molecular complexity index is 1470. The lowest BCUT2D eigenvalue weighted by Gasteiger charge is -2.15. The lowest BCUT2D eigenvalue weighted by atomic mass is 10.2. The highest BCUT2D eigenvalue weighted by molar-refractivity contribution is 6.32. The van der Waals surface area contributed by atoms with E-state index < -0.39 is 77.2 Å². The number of nitro groups is 2. The zero-order valence-electron chi connectivity index (χ0n) is 15.9. The Morgan fingerprint density at radius 1 is 1.09 bits per heavy atom. The van der Waals surface area contributed by atoms with Crippen molar-refractivity contribution in [2.24, 2.45) is 0 Å². The largest absolute Gasteiger partial charge is 0.433 e. The van der Waals surface area contributed by atoms with Gasteiger partial charge in [0.25, 0.3) is 17.1 Å². The average Bonchev–Trinajstić information content (AvgIpc) is 2.72. The Hall–Kier alpha value is -4.54. The van der Waals surface area contributed by atoms with Crippen LogP contribution in [0.15, 0.2) is 40.1 Å². The van der Waals surface area contributed by atoms with Crippen molar-refractivity contribution < 1.29 is 32.1 Å². The van der Waals surface area contributed by atoms with Gasteiger partial charge in [0.1, 0.15) is 18.1 Å². The van der Waals surface area contributed by atoms with Crippen LogP contribution in [0.25, 0.3) is 5.69 Å². The molecule has 0 amide bonds. The van der Waals surface area contributed by atoms with Gasteiger partial charge < -0.3 is 10.6 Å². The van der Waals surface area contributed by atoms with E-state index in [1.807, 2.05) is 0 Å². The van der Waals surface area contributed by atoms with Crippen molar-refractivity contribution in [1.82, 2.24) is 14.2 Å². The maximum atomic E-state index is 14.5. The van der Waals surface area contributed by atoms with Crippen LogP contribution in [0.3, 0.4) is 0 Å². The Morgan fingerprint density at radius 3 is 2.29 bits per heavy atom. The van der Waals surface area contributed by atoms with Crippen LogP contribution in [0.1, 0.15) is 5.69 Å². The number of nitrogens with two attached hydrogens (primary N) is 1. The minimum absolute atomic E-state index is 0.0568. The first-order valence-electron chi connectivity index (χ1n) is 8.40. The molecule has 0 aliphatic rings. The van der Waals surface area contributed by atoms with Gasteiger partial charge in [0.2, 0.25) is 0 Å². The van der Waals surface area contributed by atoms with Crippen molar-refractivity contribution in [1.29, 1.82) is 0 Å². The summed E-state index contributed by atoms with van der Waals surface area (Å²) in [5, 5.41) is 21.5. The van der Waals surface area contributed by atoms with Crippen LogP contribution >= 0.6 is 11.6 Å². The molecule has 0 spiro atoms. The summed E-state index contributed by atoms with van der Waals surface area (Å²) in [6.45, 7) is 0. The van der Waals surface area contributed by atoms with Crippen molar-refractivity contribution in [2.75, 3.05) is 5.84 Å². The molecule has 1 aromatic carbocycles. The predicted molar refractivity (Wildman–Crippen MR) is 104 cm³/mol. The van der Waals surface area contributed by atoms with Gasteiger partial charge in [-0.2, -0.15) is 13.2 Å². The summed E-state index contributed by atoms with van der Waals surface area (Å²) in [5.41, 5.74) is -7.93. The SMILES string of the molecule is Nn1c(C(F)(F)F)cc(=O)n(-c2cc(Oc3ncc([N+](=O)[O-])cc3[N+](=O)[O-])c(Cl)cc2F)c1=O. The molecule has 0 aliphatic carbocycles.